The lowest BCUT2D eigenvalue weighted by molar-refractivity contribution is 0.0623. The number of benzene rings is 2. The Kier molecular flexibility index (Phi) is 5.46. The molecule has 1 aliphatic carbocycles. The number of aryl methyl sites for hydroxylation is 1. The van der Waals surface area contributed by atoms with Gasteiger partial charge in [0.25, 0.3) is 5.91 Å². The highest BCUT2D eigenvalue weighted by molar-refractivity contribution is 6.37. The summed E-state index contributed by atoms with van der Waals surface area (Å²) in [6.07, 6.45) is 6.12. The Hall–Kier alpha value is -3.03. The Labute approximate surface area is 203 Å². The van der Waals surface area contributed by atoms with Crippen molar-refractivity contribution in [1.82, 2.24) is 29.1 Å². The first-order valence-corrected chi connectivity index (χ1v) is 12.4. The van der Waals surface area contributed by atoms with Gasteiger partial charge in [-0.15, -0.1) is 0 Å². The summed E-state index contributed by atoms with van der Waals surface area (Å²) in [4.78, 5) is 21.1. The zero-order chi connectivity index (χ0) is 23.2. The standard InChI is InChI=1S/C26H29ClN6O/c1-30-16-22(28-17-30)26(34)32-12-10-31(11-13-32)14-18-4-6-20(7-5-18)21-8-9-23-25(24(21)27)29-33(23)15-19-2-3-19/h4-9,16-17,19,29H,2-3,10-15H2,1H3. The third kappa shape index (κ3) is 4.14. The van der Waals surface area contributed by atoms with Gasteiger partial charge in [0.1, 0.15) is 5.69 Å². The lowest BCUT2D eigenvalue weighted by atomic mass is 10.0. The molecule has 1 saturated heterocycles. The average Bonchev–Trinajstić information content (AvgIpc) is 3.56. The van der Waals surface area contributed by atoms with Gasteiger partial charge >= 0.3 is 0 Å². The van der Waals surface area contributed by atoms with Gasteiger partial charge in [-0.3, -0.25) is 19.5 Å². The first-order valence-electron chi connectivity index (χ1n) is 12.0. The van der Waals surface area contributed by atoms with E-state index in [0.29, 0.717) is 5.69 Å². The number of halogens is 1. The molecule has 8 heteroatoms. The number of aromatic nitrogens is 4. The number of hydrogen-bond acceptors (Lipinski definition) is 3. The fourth-order valence-corrected chi connectivity index (χ4v) is 5.12. The lowest BCUT2D eigenvalue weighted by Gasteiger charge is -2.34. The van der Waals surface area contributed by atoms with Gasteiger partial charge in [-0.2, -0.15) is 0 Å². The summed E-state index contributed by atoms with van der Waals surface area (Å²) in [6.45, 7) is 5.12. The molecule has 0 spiro atoms. The van der Waals surface area contributed by atoms with Crippen LogP contribution in [0.1, 0.15) is 28.9 Å². The van der Waals surface area contributed by atoms with Crippen molar-refractivity contribution in [3.05, 3.63) is 65.2 Å². The maximum atomic E-state index is 12.6. The number of H-pyrrole nitrogens is 1. The molecule has 1 N–H and O–H groups in total. The van der Waals surface area contributed by atoms with E-state index in [0.717, 1.165) is 66.9 Å². The van der Waals surface area contributed by atoms with Gasteiger partial charge in [-0.05, 0) is 36.0 Å². The molecule has 1 saturated carbocycles. The van der Waals surface area contributed by atoms with Gasteiger partial charge in [0.15, 0.2) is 0 Å². The van der Waals surface area contributed by atoms with E-state index >= 15 is 0 Å². The zero-order valence-electron chi connectivity index (χ0n) is 19.4. The summed E-state index contributed by atoms with van der Waals surface area (Å²) < 4.78 is 4.03. The number of nitrogens with zero attached hydrogens (tertiary/aromatic N) is 5. The minimum Gasteiger partial charge on any atom is -0.340 e. The van der Waals surface area contributed by atoms with E-state index in [-0.39, 0.29) is 5.91 Å². The Morgan fingerprint density at radius 3 is 2.53 bits per heavy atom. The Balaban J connectivity index is 1.07. The fraction of sp³-hybridized carbons (Fsp3) is 0.385. The number of hydrogen-bond donors (Lipinski definition) is 1. The van der Waals surface area contributed by atoms with Crippen LogP contribution in [0.5, 0.6) is 0 Å². The van der Waals surface area contributed by atoms with Crippen molar-refractivity contribution < 1.29 is 4.79 Å². The largest absolute Gasteiger partial charge is 0.340 e. The average molecular weight is 477 g/mol. The Bertz CT molecular complexity index is 1320. The van der Waals surface area contributed by atoms with Crippen LogP contribution in [0.15, 0.2) is 48.9 Å². The van der Waals surface area contributed by atoms with Crippen molar-refractivity contribution in [2.75, 3.05) is 26.2 Å². The van der Waals surface area contributed by atoms with Crippen molar-refractivity contribution in [2.24, 2.45) is 13.0 Å². The van der Waals surface area contributed by atoms with Crippen LogP contribution in [0.3, 0.4) is 0 Å². The summed E-state index contributed by atoms with van der Waals surface area (Å²) in [6, 6.07) is 13.0. The van der Waals surface area contributed by atoms with E-state index < -0.39 is 0 Å². The Morgan fingerprint density at radius 2 is 1.85 bits per heavy atom. The second-order valence-corrected chi connectivity index (χ2v) is 10.1. The number of aromatic amines is 1. The number of piperazine rings is 1. The van der Waals surface area contributed by atoms with Crippen molar-refractivity contribution in [1.29, 1.82) is 0 Å². The minimum atomic E-state index is 0.0187. The molecular formula is C26H29ClN6O. The van der Waals surface area contributed by atoms with Gasteiger partial charge in [-0.1, -0.05) is 41.9 Å². The molecule has 3 heterocycles. The van der Waals surface area contributed by atoms with E-state index in [4.69, 9.17) is 11.6 Å². The number of carbonyl (C=O) groups excluding carboxylic acids is 1. The molecule has 176 valence electrons. The van der Waals surface area contributed by atoms with Crippen molar-refractivity contribution in [2.45, 2.75) is 25.9 Å². The summed E-state index contributed by atoms with van der Waals surface area (Å²) in [5.41, 5.74) is 6.23. The molecule has 0 atom stereocenters. The highest BCUT2D eigenvalue weighted by Crippen LogP contribution is 2.37. The van der Waals surface area contributed by atoms with Crippen LogP contribution in [0.4, 0.5) is 0 Å². The number of amides is 1. The fourth-order valence-electron chi connectivity index (χ4n) is 4.81. The molecule has 34 heavy (non-hydrogen) atoms. The van der Waals surface area contributed by atoms with Gasteiger partial charge in [0.05, 0.1) is 22.4 Å². The van der Waals surface area contributed by atoms with E-state index in [1.807, 2.05) is 16.5 Å². The smallest absolute Gasteiger partial charge is 0.274 e. The molecule has 1 amide bonds. The third-order valence-corrected chi connectivity index (χ3v) is 7.44. The normalized spacial score (nSPS) is 17.1. The maximum Gasteiger partial charge on any atom is 0.274 e. The molecule has 0 unspecified atom stereocenters. The summed E-state index contributed by atoms with van der Waals surface area (Å²) >= 11 is 6.75. The van der Waals surface area contributed by atoms with E-state index in [2.05, 4.69) is 56.1 Å². The molecule has 2 aliphatic rings. The predicted octanol–water partition coefficient (Wildman–Crippen LogP) is 4.39. The molecule has 6 rings (SSSR count). The maximum absolute atomic E-state index is 12.6. The molecule has 2 aromatic carbocycles. The summed E-state index contributed by atoms with van der Waals surface area (Å²) in [5, 5.41) is 4.22. The van der Waals surface area contributed by atoms with Crippen molar-refractivity contribution in [3.8, 4) is 11.1 Å². The number of fused-ring (bicyclic) bond motifs is 1. The van der Waals surface area contributed by atoms with Crippen LogP contribution in [-0.4, -0.2) is 61.2 Å². The minimum absolute atomic E-state index is 0.0187. The monoisotopic (exact) mass is 476 g/mol. The zero-order valence-corrected chi connectivity index (χ0v) is 20.1. The molecule has 0 radical (unpaired) electrons. The lowest BCUT2D eigenvalue weighted by Crippen LogP contribution is -2.48. The van der Waals surface area contributed by atoms with Crippen molar-refractivity contribution >= 4 is 28.5 Å². The molecule has 7 nitrogen and oxygen atoms in total. The van der Waals surface area contributed by atoms with Gasteiger partial charge in [0.2, 0.25) is 0 Å². The molecular weight excluding hydrogens is 448 g/mol. The van der Waals surface area contributed by atoms with Crippen LogP contribution >= 0.6 is 11.6 Å². The molecule has 0 bridgehead atoms. The number of carbonyl (C=O) groups is 1. The van der Waals surface area contributed by atoms with Crippen LogP contribution in [0.25, 0.3) is 22.2 Å². The second kappa shape index (κ2) is 8.64. The van der Waals surface area contributed by atoms with Gasteiger partial charge in [-0.25, -0.2) is 4.98 Å². The SMILES string of the molecule is Cn1cnc(C(=O)N2CCN(Cc3ccc(-c4ccc5c([nH]n5CC5CC5)c4Cl)cc3)CC2)c1. The van der Waals surface area contributed by atoms with Crippen LogP contribution in [0.2, 0.25) is 5.02 Å². The summed E-state index contributed by atoms with van der Waals surface area (Å²) in [7, 11) is 1.88. The topological polar surface area (TPSA) is 62.1 Å². The molecule has 4 aromatic rings. The van der Waals surface area contributed by atoms with E-state index in [9.17, 15) is 4.79 Å². The number of nitrogens with one attached hydrogen (secondary N) is 1. The number of imidazole rings is 1. The summed E-state index contributed by atoms with van der Waals surface area (Å²) in [5.74, 6) is 0.848. The van der Waals surface area contributed by atoms with Crippen LogP contribution < -0.4 is 0 Å². The number of rotatable bonds is 6. The molecule has 2 fully saturated rings. The highest BCUT2D eigenvalue weighted by atomic mass is 35.5. The highest BCUT2D eigenvalue weighted by Gasteiger charge is 2.25. The quantitative estimate of drug-likeness (QED) is 0.449. The van der Waals surface area contributed by atoms with Crippen LogP contribution in [-0.2, 0) is 20.1 Å². The second-order valence-electron chi connectivity index (χ2n) is 9.68. The molecule has 2 aromatic heterocycles. The van der Waals surface area contributed by atoms with Crippen molar-refractivity contribution in [3.63, 3.8) is 0 Å². The van der Waals surface area contributed by atoms with Crippen LogP contribution in [0, 0.1) is 5.92 Å². The van der Waals surface area contributed by atoms with Gasteiger partial charge < -0.3 is 9.47 Å². The predicted molar refractivity (Wildman–Crippen MR) is 134 cm³/mol. The molecule has 1 aliphatic heterocycles. The van der Waals surface area contributed by atoms with Gasteiger partial charge in [0, 0.05) is 58.1 Å². The first kappa shape index (κ1) is 21.5. The Morgan fingerprint density at radius 1 is 1.09 bits per heavy atom. The third-order valence-electron chi connectivity index (χ3n) is 7.05. The van der Waals surface area contributed by atoms with E-state index in [1.54, 1.807) is 12.5 Å². The van der Waals surface area contributed by atoms with E-state index in [1.165, 1.54) is 23.9 Å². The first-order chi connectivity index (χ1) is 16.5.